The molecule has 0 fully saturated rings. The highest BCUT2D eigenvalue weighted by Gasteiger charge is 2.03. The SMILES string of the molecule is CC=CC(=O)NCCn1nc(-c2ccccc2)ccc1=O. The first-order valence-corrected chi connectivity index (χ1v) is 6.75. The van der Waals surface area contributed by atoms with E-state index in [4.69, 9.17) is 0 Å². The molecule has 2 aromatic rings. The van der Waals surface area contributed by atoms with Crippen molar-refractivity contribution in [1.29, 1.82) is 0 Å². The lowest BCUT2D eigenvalue weighted by atomic mass is 10.1. The summed E-state index contributed by atoms with van der Waals surface area (Å²) in [5, 5.41) is 7.01. The molecule has 0 aliphatic heterocycles. The molecule has 21 heavy (non-hydrogen) atoms. The van der Waals surface area contributed by atoms with Gasteiger partial charge in [0.05, 0.1) is 12.2 Å². The maximum Gasteiger partial charge on any atom is 0.266 e. The van der Waals surface area contributed by atoms with Crippen molar-refractivity contribution in [2.75, 3.05) is 6.54 Å². The first-order chi connectivity index (χ1) is 10.2. The molecule has 1 heterocycles. The van der Waals surface area contributed by atoms with Crippen LogP contribution in [0.1, 0.15) is 6.92 Å². The zero-order chi connectivity index (χ0) is 15.1. The maximum absolute atomic E-state index is 11.8. The van der Waals surface area contributed by atoms with Crippen molar-refractivity contribution in [2.24, 2.45) is 0 Å². The van der Waals surface area contributed by atoms with E-state index in [9.17, 15) is 9.59 Å². The van der Waals surface area contributed by atoms with Crippen LogP contribution in [0.25, 0.3) is 11.3 Å². The smallest absolute Gasteiger partial charge is 0.266 e. The number of nitrogens with one attached hydrogen (secondary N) is 1. The van der Waals surface area contributed by atoms with E-state index in [1.54, 1.807) is 19.1 Å². The number of hydrogen-bond acceptors (Lipinski definition) is 3. The second-order valence-corrected chi connectivity index (χ2v) is 4.44. The second-order valence-electron chi connectivity index (χ2n) is 4.44. The predicted molar refractivity (Wildman–Crippen MR) is 81.8 cm³/mol. The molecule has 0 bridgehead atoms. The second kappa shape index (κ2) is 7.19. The maximum atomic E-state index is 11.8. The molecule has 0 unspecified atom stereocenters. The van der Waals surface area contributed by atoms with Gasteiger partial charge in [-0.05, 0) is 19.1 Å². The largest absolute Gasteiger partial charge is 0.351 e. The number of carbonyl (C=O) groups is 1. The monoisotopic (exact) mass is 283 g/mol. The summed E-state index contributed by atoms with van der Waals surface area (Å²) >= 11 is 0. The summed E-state index contributed by atoms with van der Waals surface area (Å²) in [5.74, 6) is -0.176. The lowest BCUT2D eigenvalue weighted by Gasteiger charge is -2.07. The molecule has 108 valence electrons. The average molecular weight is 283 g/mol. The molecule has 0 aliphatic carbocycles. The summed E-state index contributed by atoms with van der Waals surface area (Å²) in [6, 6.07) is 12.8. The normalized spacial score (nSPS) is 10.7. The van der Waals surface area contributed by atoms with Gasteiger partial charge in [0.25, 0.3) is 5.56 Å². The number of hydrogen-bond donors (Lipinski definition) is 1. The molecule has 1 amide bonds. The van der Waals surface area contributed by atoms with E-state index in [0.29, 0.717) is 13.1 Å². The Morgan fingerprint density at radius 3 is 2.71 bits per heavy atom. The minimum atomic E-state index is -0.185. The predicted octanol–water partition coefficient (Wildman–Crippen LogP) is 1.60. The zero-order valence-corrected chi connectivity index (χ0v) is 11.8. The van der Waals surface area contributed by atoms with Crippen LogP contribution >= 0.6 is 0 Å². The molecule has 0 atom stereocenters. The van der Waals surface area contributed by atoms with Crippen LogP contribution in [0.5, 0.6) is 0 Å². The van der Waals surface area contributed by atoms with Crippen LogP contribution in [0.15, 0.2) is 59.4 Å². The van der Waals surface area contributed by atoms with E-state index in [1.165, 1.54) is 16.8 Å². The van der Waals surface area contributed by atoms with Crippen LogP contribution in [0.3, 0.4) is 0 Å². The van der Waals surface area contributed by atoms with Gasteiger partial charge in [0, 0.05) is 18.2 Å². The molecule has 1 aromatic heterocycles. The highest BCUT2D eigenvalue weighted by Crippen LogP contribution is 2.13. The highest BCUT2D eigenvalue weighted by molar-refractivity contribution is 5.87. The minimum Gasteiger partial charge on any atom is -0.351 e. The fraction of sp³-hybridized carbons (Fsp3) is 0.188. The molecule has 0 aliphatic rings. The summed E-state index contributed by atoms with van der Waals surface area (Å²) in [5.41, 5.74) is 1.49. The lowest BCUT2D eigenvalue weighted by molar-refractivity contribution is -0.116. The van der Waals surface area contributed by atoms with Crippen molar-refractivity contribution >= 4 is 5.91 Å². The molecule has 5 nitrogen and oxygen atoms in total. The molecule has 0 spiro atoms. The quantitative estimate of drug-likeness (QED) is 0.848. The van der Waals surface area contributed by atoms with Gasteiger partial charge in [0.2, 0.25) is 5.91 Å². The molecular formula is C16H17N3O2. The van der Waals surface area contributed by atoms with E-state index in [-0.39, 0.29) is 11.5 Å². The molecule has 0 radical (unpaired) electrons. The van der Waals surface area contributed by atoms with Crippen LogP contribution in [0, 0.1) is 0 Å². The number of aromatic nitrogens is 2. The number of amides is 1. The van der Waals surface area contributed by atoms with Crippen LogP contribution in [-0.2, 0) is 11.3 Å². The van der Waals surface area contributed by atoms with Crippen molar-refractivity contribution in [1.82, 2.24) is 15.1 Å². The van der Waals surface area contributed by atoms with Crippen molar-refractivity contribution < 1.29 is 4.79 Å². The van der Waals surface area contributed by atoms with Crippen molar-refractivity contribution in [3.8, 4) is 11.3 Å². The molecule has 1 N–H and O–H groups in total. The topological polar surface area (TPSA) is 64.0 Å². The number of carbonyl (C=O) groups excluding carboxylic acids is 1. The van der Waals surface area contributed by atoms with Gasteiger partial charge in [-0.1, -0.05) is 36.4 Å². The van der Waals surface area contributed by atoms with E-state index in [1.807, 2.05) is 30.3 Å². The van der Waals surface area contributed by atoms with Crippen LogP contribution < -0.4 is 10.9 Å². The van der Waals surface area contributed by atoms with Crippen LogP contribution in [0.4, 0.5) is 0 Å². The van der Waals surface area contributed by atoms with E-state index >= 15 is 0 Å². The first-order valence-electron chi connectivity index (χ1n) is 6.75. The van der Waals surface area contributed by atoms with Gasteiger partial charge in [-0.3, -0.25) is 9.59 Å². The van der Waals surface area contributed by atoms with Crippen LogP contribution in [0.2, 0.25) is 0 Å². The van der Waals surface area contributed by atoms with Gasteiger partial charge in [-0.25, -0.2) is 4.68 Å². The summed E-state index contributed by atoms with van der Waals surface area (Å²) in [6.45, 7) is 2.46. The Kier molecular flexibility index (Phi) is 5.04. The molecule has 0 saturated heterocycles. The third-order valence-electron chi connectivity index (χ3n) is 2.88. The fourth-order valence-electron chi connectivity index (χ4n) is 1.87. The molecule has 5 heteroatoms. The summed E-state index contributed by atoms with van der Waals surface area (Å²) in [6.07, 6.45) is 3.10. The van der Waals surface area contributed by atoms with E-state index in [2.05, 4.69) is 10.4 Å². The van der Waals surface area contributed by atoms with Gasteiger partial charge in [-0.2, -0.15) is 5.10 Å². The van der Waals surface area contributed by atoms with Gasteiger partial charge in [-0.15, -0.1) is 0 Å². The Hall–Kier alpha value is -2.69. The van der Waals surface area contributed by atoms with Crippen molar-refractivity contribution in [3.05, 3.63) is 65.0 Å². The Balaban J connectivity index is 2.10. The zero-order valence-electron chi connectivity index (χ0n) is 11.8. The Labute approximate surface area is 122 Å². The van der Waals surface area contributed by atoms with E-state index in [0.717, 1.165) is 11.3 Å². The minimum absolute atomic E-state index is 0.176. The standard InChI is InChI=1S/C16H17N3O2/c1-2-6-15(20)17-11-12-19-16(21)10-9-14(18-19)13-7-4-3-5-8-13/h2-10H,11-12H2,1H3,(H,17,20). The van der Waals surface area contributed by atoms with Gasteiger partial charge >= 0.3 is 0 Å². The first kappa shape index (κ1) is 14.7. The van der Waals surface area contributed by atoms with Gasteiger partial charge in [0.15, 0.2) is 0 Å². The van der Waals surface area contributed by atoms with Gasteiger partial charge in [0.1, 0.15) is 0 Å². The lowest BCUT2D eigenvalue weighted by Crippen LogP contribution is -2.31. The molecule has 0 saturated carbocycles. The fourth-order valence-corrected chi connectivity index (χ4v) is 1.87. The Morgan fingerprint density at radius 2 is 2.00 bits per heavy atom. The third kappa shape index (κ3) is 4.14. The highest BCUT2D eigenvalue weighted by atomic mass is 16.1. The number of nitrogens with zero attached hydrogens (tertiary/aromatic N) is 2. The van der Waals surface area contributed by atoms with E-state index < -0.39 is 0 Å². The van der Waals surface area contributed by atoms with Crippen LogP contribution in [-0.4, -0.2) is 22.2 Å². The van der Waals surface area contributed by atoms with Crippen molar-refractivity contribution in [2.45, 2.75) is 13.5 Å². The molecule has 2 rings (SSSR count). The number of benzene rings is 1. The summed E-state index contributed by atoms with van der Waals surface area (Å²) in [7, 11) is 0. The number of rotatable bonds is 5. The summed E-state index contributed by atoms with van der Waals surface area (Å²) in [4.78, 5) is 23.1. The molecular weight excluding hydrogens is 266 g/mol. The molecule has 1 aromatic carbocycles. The van der Waals surface area contributed by atoms with Gasteiger partial charge < -0.3 is 5.32 Å². The van der Waals surface area contributed by atoms with Crippen molar-refractivity contribution in [3.63, 3.8) is 0 Å². The number of allylic oxidation sites excluding steroid dienone is 1. The third-order valence-corrected chi connectivity index (χ3v) is 2.88. The summed E-state index contributed by atoms with van der Waals surface area (Å²) < 4.78 is 1.36. The Morgan fingerprint density at radius 1 is 1.24 bits per heavy atom. The Bertz CT molecular complexity index is 690. The average Bonchev–Trinajstić information content (AvgIpc) is 2.50.